The van der Waals surface area contributed by atoms with Gasteiger partial charge in [0.1, 0.15) is 0 Å². The first-order chi connectivity index (χ1) is 18.3. The third-order valence-corrected chi connectivity index (χ3v) is 7.47. The number of allylic oxidation sites excluding steroid dienone is 1. The molecule has 0 radical (unpaired) electrons. The minimum atomic E-state index is -0.381. The van der Waals surface area contributed by atoms with E-state index >= 15 is 0 Å². The normalized spacial score (nSPS) is 19.6. The van der Waals surface area contributed by atoms with Crippen molar-refractivity contribution in [3.63, 3.8) is 0 Å². The van der Waals surface area contributed by atoms with Crippen LogP contribution >= 0.6 is 12.2 Å². The predicted octanol–water partition coefficient (Wildman–Crippen LogP) is 5.72. The van der Waals surface area contributed by atoms with Crippen molar-refractivity contribution in [1.29, 1.82) is 0 Å². The summed E-state index contributed by atoms with van der Waals surface area (Å²) in [6, 6.07) is 20.2. The van der Waals surface area contributed by atoms with Gasteiger partial charge in [-0.2, -0.15) is 5.10 Å². The molecule has 2 atom stereocenters. The van der Waals surface area contributed by atoms with E-state index in [9.17, 15) is 4.79 Å². The van der Waals surface area contributed by atoms with E-state index in [-0.39, 0.29) is 28.7 Å². The second-order valence-corrected chi connectivity index (χ2v) is 10.5. The minimum Gasteiger partial charge on any atom is -0.459 e. The third kappa shape index (κ3) is 5.22. The Labute approximate surface area is 229 Å². The Balaban J connectivity index is 1.49. The topological polar surface area (TPSA) is 64.3 Å². The molecule has 8 heteroatoms. The summed E-state index contributed by atoms with van der Waals surface area (Å²) in [7, 11) is 8.14. The van der Waals surface area contributed by atoms with Crippen LogP contribution in [-0.2, 0) is 0 Å². The van der Waals surface area contributed by atoms with E-state index in [1.54, 1.807) is 12.1 Å². The number of benzene rings is 2. The SMILES string of the molecule is CN(C)c1ccc(/C=C2\CCCC3C2=NN(C(=S)NC(=O)c2ccco2)C3c2ccc(N(C)C)cc2)cc1. The van der Waals surface area contributed by atoms with Crippen LogP contribution in [0.2, 0.25) is 0 Å². The van der Waals surface area contributed by atoms with Gasteiger partial charge in [-0.25, -0.2) is 5.01 Å². The molecule has 1 fully saturated rings. The molecule has 196 valence electrons. The van der Waals surface area contributed by atoms with E-state index in [4.69, 9.17) is 21.7 Å². The Morgan fingerprint density at radius 1 is 1.03 bits per heavy atom. The van der Waals surface area contributed by atoms with Gasteiger partial charge in [0.05, 0.1) is 18.0 Å². The molecule has 2 aromatic carbocycles. The van der Waals surface area contributed by atoms with Crippen LogP contribution in [0, 0.1) is 5.92 Å². The summed E-state index contributed by atoms with van der Waals surface area (Å²) in [5.41, 5.74) is 6.81. The molecule has 2 unspecified atom stereocenters. The van der Waals surface area contributed by atoms with Crippen molar-refractivity contribution in [2.75, 3.05) is 38.0 Å². The van der Waals surface area contributed by atoms with Crippen LogP contribution < -0.4 is 15.1 Å². The molecule has 1 N–H and O–H groups in total. The molecule has 1 amide bonds. The van der Waals surface area contributed by atoms with Crippen LogP contribution in [-0.4, -0.2) is 49.9 Å². The number of hydrogen-bond donors (Lipinski definition) is 1. The summed E-state index contributed by atoms with van der Waals surface area (Å²) in [5.74, 6) is -0.00139. The average Bonchev–Trinajstić information content (AvgIpc) is 3.58. The minimum absolute atomic E-state index is 0.106. The number of nitrogens with one attached hydrogen (secondary N) is 1. The molecule has 1 saturated carbocycles. The Morgan fingerprint density at radius 2 is 1.68 bits per heavy atom. The van der Waals surface area contributed by atoms with Crippen molar-refractivity contribution >= 4 is 46.4 Å². The summed E-state index contributed by atoms with van der Waals surface area (Å²) in [4.78, 5) is 16.9. The quantitative estimate of drug-likeness (QED) is 0.428. The zero-order valence-corrected chi connectivity index (χ0v) is 23.0. The lowest BCUT2D eigenvalue weighted by Crippen LogP contribution is -2.41. The maximum Gasteiger partial charge on any atom is 0.293 e. The predicted molar refractivity (Wildman–Crippen MR) is 158 cm³/mol. The highest BCUT2D eigenvalue weighted by atomic mass is 32.1. The van der Waals surface area contributed by atoms with Gasteiger partial charge in [-0.15, -0.1) is 0 Å². The molecule has 1 aliphatic heterocycles. The molecule has 38 heavy (non-hydrogen) atoms. The number of anilines is 2. The Morgan fingerprint density at radius 3 is 2.29 bits per heavy atom. The summed E-state index contributed by atoms with van der Waals surface area (Å²) in [5, 5.41) is 9.97. The first kappa shape index (κ1) is 25.7. The summed E-state index contributed by atoms with van der Waals surface area (Å²) in [6.07, 6.45) is 6.74. The lowest BCUT2D eigenvalue weighted by molar-refractivity contribution is 0.0944. The van der Waals surface area contributed by atoms with Gasteiger partial charge in [0, 0.05) is 45.5 Å². The zero-order chi connectivity index (χ0) is 26.8. The van der Waals surface area contributed by atoms with Crippen molar-refractivity contribution in [3.05, 3.63) is 89.4 Å². The van der Waals surface area contributed by atoms with Gasteiger partial charge in [0.15, 0.2) is 10.9 Å². The van der Waals surface area contributed by atoms with Gasteiger partial charge in [-0.05, 0) is 90.7 Å². The number of rotatable bonds is 5. The Bertz CT molecular complexity index is 1360. The molecule has 5 rings (SSSR count). The van der Waals surface area contributed by atoms with Crippen LogP contribution in [0.3, 0.4) is 0 Å². The highest BCUT2D eigenvalue weighted by Gasteiger charge is 2.43. The number of carbonyl (C=O) groups is 1. The number of nitrogens with zero attached hydrogens (tertiary/aromatic N) is 4. The van der Waals surface area contributed by atoms with Crippen LogP contribution in [0.15, 0.2) is 82.0 Å². The van der Waals surface area contributed by atoms with Crippen molar-refractivity contribution in [3.8, 4) is 0 Å². The second-order valence-electron chi connectivity index (χ2n) is 10.2. The van der Waals surface area contributed by atoms with E-state index in [1.807, 2.05) is 33.2 Å². The van der Waals surface area contributed by atoms with Gasteiger partial charge in [0.25, 0.3) is 5.91 Å². The Kier molecular flexibility index (Phi) is 7.33. The fourth-order valence-corrected chi connectivity index (χ4v) is 5.41. The third-order valence-electron chi connectivity index (χ3n) is 7.18. The number of carbonyl (C=O) groups excluding carboxylic acids is 1. The zero-order valence-electron chi connectivity index (χ0n) is 22.2. The van der Waals surface area contributed by atoms with Crippen LogP contribution in [0.1, 0.15) is 47.0 Å². The van der Waals surface area contributed by atoms with Gasteiger partial charge in [0.2, 0.25) is 0 Å². The number of hydrogen-bond acceptors (Lipinski definition) is 6. The van der Waals surface area contributed by atoms with Crippen molar-refractivity contribution < 1.29 is 9.21 Å². The monoisotopic (exact) mass is 527 g/mol. The molecular formula is C30H33N5O2S. The van der Waals surface area contributed by atoms with E-state index in [2.05, 4.69) is 69.7 Å². The van der Waals surface area contributed by atoms with E-state index < -0.39 is 0 Å². The second kappa shape index (κ2) is 10.8. The number of thiocarbonyl (C=S) groups is 1. The Hall–Kier alpha value is -3.91. The van der Waals surface area contributed by atoms with E-state index in [0.717, 1.165) is 47.5 Å². The summed E-state index contributed by atoms with van der Waals surface area (Å²) >= 11 is 5.75. The molecule has 1 aliphatic carbocycles. The van der Waals surface area contributed by atoms with Crippen molar-refractivity contribution in [1.82, 2.24) is 10.3 Å². The molecule has 1 aromatic heterocycles. The van der Waals surface area contributed by atoms with Crippen LogP contribution in [0.5, 0.6) is 0 Å². The highest BCUT2D eigenvalue weighted by molar-refractivity contribution is 7.80. The number of amides is 1. The number of hydrazone groups is 1. The summed E-state index contributed by atoms with van der Waals surface area (Å²) < 4.78 is 5.26. The average molecular weight is 528 g/mol. The number of furan rings is 1. The molecule has 3 aromatic rings. The van der Waals surface area contributed by atoms with Gasteiger partial charge < -0.3 is 14.2 Å². The van der Waals surface area contributed by atoms with Crippen LogP contribution in [0.4, 0.5) is 11.4 Å². The lowest BCUT2D eigenvalue weighted by atomic mass is 9.77. The molecule has 0 bridgehead atoms. The van der Waals surface area contributed by atoms with Gasteiger partial charge in [-0.3, -0.25) is 10.1 Å². The highest BCUT2D eigenvalue weighted by Crippen LogP contribution is 2.44. The molecule has 7 nitrogen and oxygen atoms in total. The smallest absolute Gasteiger partial charge is 0.293 e. The number of fused-ring (bicyclic) bond motifs is 1. The van der Waals surface area contributed by atoms with Gasteiger partial charge >= 0.3 is 0 Å². The summed E-state index contributed by atoms with van der Waals surface area (Å²) in [6.45, 7) is 0. The molecule has 2 aliphatic rings. The first-order valence-corrected chi connectivity index (χ1v) is 13.2. The van der Waals surface area contributed by atoms with Crippen molar-refractivity contribution in [2.24, 2.45) is 11.0 Å². The standard InChI is InChI=1S/C30H33N5O2S/c1-33(2)23-14-10-20(11-15-23)19-22-7-5-8-25-27(22)32-35(30(38)31-29(36)26-9-6-18-37-26)28(25)21-12-16-24(17-13-21)34(3)4/h6,9-19,25,28H,5,7-8H2,1-4H3,(H,31,36,38)/b22-19+. The largest absolute Gasteiger partial charge is 0.459 e. The fraction of sp³-hybridized carbons (Fsp3) is 0.300. The van der Waals surface area contributed by atoms with E-state index in [0.29, 0.717) is 0 Å². The maximum atomic E-state index is 12.7. The molecule has 0 saturated heterocycles. The molecule has 0 spiro atoms. The van der Waals surface area contributed by atoms with Crippen molar-refractivity contribution in [2.45, 2.75) is 25.3 Å². The molecule has 2 heterocycles. The van der Waals surface area contributed by atoms with E-state index in [1.165, 1.54) is 11.8 Å². The maximum absolute atomic E-state index is 12.7. The fourth-order valence-electron chi connectivity index (χ4n) is 5.16. The lowest BCUT2D eigenvalue weighted by Gasteiger charge is -2.31. The van der Waals surface area contributed by atoms with Crippen LogP contribution in [0.25, 0.3) is 6.08 Å². The van der Waals surface area contributed by atoms with Gasteiger partial charge in [-0.1, -0.05) is 24.3 Å². The molecular weight excluding hydrogens is 494 g/mol. The first-order valence-electron chi connectivity index (χ1n) is 12.8.